The average Bonchev–Trinajstić information content (AvgIpc) is 2.93. The van der Waals surface area contributed by atoms with E-state index in [1.807, 2.05) is 52.1 Å². The maximum atomic E-state index is 12.5. The van der Waals surface area contributed by atoms with Crippen LogP contribution in [0.15, 0.2) is 28.9 Å². The Labute approximate surface area is 151 Å². The molecule has 2 atom stereocenters. The molecule has 0 saturated carbocycles. The molecular formula is C19H25BrN2O2. The number of halogens is 1. The molecule has 1 amide bonds. The second-order valence-electron chi connectivity index (χ2n) is 6.67. The number of carbonyl (C=O) groups excluding carboxylic acids is 2. The molecular weight excluding hydrogens is 368 g/mol. The largest absolute Gasteiger partial charge is 0.361 e. The summed E-state index contributed by atoms with van der Waals surface area (Å²) in [5.74, 6) is 0.0175. The van der Waals surface area contributed by atoms with Gasteiger partial charge >= 0.3 is 0 Å². The minimum absolute atomic E-state index is 0.0895. The number of H-pyrrole nitrogens is 1. The molecule has 2 rings (SSSR count). The molecule has 1 aromatic carbocycles. The van der Waals surface area contributed by atoms with Crippen molar-refractivity contribution >= 4 is 38.5 Å². The van der Waals surface area contributed by atoms with E-state index in [0.717, 1.165) is 27.4 Å². The van der Waals surface area contributed by atoms with Gasteiger partial charge in [0.2, 0.25) is 5.91 Å². The predicted molar refractivity (Wildman–Crippen MR) is 101 cm³/mol. The van der Waals surface area contributed by atoms with Gasteiger partial charge in [-0.05, 0) is 29.7 Å². The van der Waals surface area contributed by atoms with Gasteiger partial charge in [-0.3, -0.25) is 9.59 Å². The Morgan fingerprint density at radius 2 is 1.96 bits per heavy atom. The van der Waals surface area contributed by atoms with Crippen molar-refractivity contribution in [2.24, 2.45) is 11.8 Å². The monoisotopic (exact) mass is 392 g/mol. The minimum atomic E-state index is -0.417. The standard InChI is InChI=1S/C19H25BrN2O2/c1-5-12(4)18(19(24)11(2)3)22-17(23)8-13-10-21-16-7-6-14(20)9-15(13)16/h6-7,9-12,18,21H,5,8H2,1-4H3,(H,22,23)/t12-,18-/m0/s1. The number of aromatic nitrogens is 1. The molecule has 0 aliphatic carbocycles. The van der Waals surface area contributed by atoms with Crippen LogP contribution in [-0.4, -0.2) is 22.7 Å². The number of rotatable bonds is 7. The third-order valence-electron chi connectivity index (χ3n) is 4.49. The van der Waals surface area contributed by atoms with Crippen LogP contribution < -0.4 is 5.32 Å². The predicted octanol–water partition coefficient (Wildman–Crippen LogP) is 4.23. The first-order chi connectivity index (χ1) is 11.3. The SMILES string of the molecule is CC[C@H](C)[C@H](NC(=O)Cc1c[nH]c2ccc(Br)cc12)C(=O)C(C)C. The zero-order valence-corrected chi connectivity index (χ0v) is 16.2. The van der Waals surface area contributed by atoms with Gasteiger partial charge in [0.15, 0.2) is 5.78 Å². The summed E-state index contributed by atoms with van der Waals surface area (Å²) in [7, 11) is 0. The summed E-state index contributed by atoms with van der Waals surface area (Å²) in [5.41, 5.74) is 1.93. The smallest absolute Gasteiger partial charge is 0.225 e. The van der Waals surface area contributed by atoms with Crippen LogP contribution >= 0.6 is 15.9 Å². The van der Waals surface area contributed by atoms with Crippen LogP contribution in [0, 0.1) is 11.8 Å². The van der Waals surface area contributed by atoms with Gasteiger partial charge in [0, 0.05) is 27.5 Å². The molecule has 1 aromatic heterocycles. The van der Waals surface area contributed by atoms with Crippen molar-refractivity contribution in [3.63, 3.8) is 0 Å². The molecule has 4 nitrogen and oxygen atoms in total. The normalized spacial score (nSPS) is 13.9. The zero-order chi connectivity index (χ0) is 17.9. The summed E-state index contributed by atoms with van der Waals surface area (Å²) in [6.45, 7) is 7.80. The van der Waals surface area contributed by atoms with Gasteiger partial charge in [-0.25, -0.2) is 0 Å². The van der Waals surface area contributed by atoms with Crippen LogP contribution in [0.25, 0.3) is 10.9 Å². The number of carbonyl (C=O) groups is 2. The Hall–Kier alpha value is -1.62. The minimum Gasteiger partial charge on any atom is -0.361 e. The van der Waals surface area contributed by atoms with E-state index in [1.54, 1.807) is 0 Å². The Kier molecular flexibility index (Phi) is 6.21. The first-order valence-corrected chi connectivity index (χ1v) is 9.21. The maximum Gasteiger partial charge on any atom is 0.225 e. The number of benzene rings is 1. The number of ketones is 1. The second-order valence-corrected chi connectivity index (χ2v) is 7.58. The fourth-order valence-electron chi connectivity index (χ4n) is 2.78. The molecule has 2 N–H and O–H groups in total. The number of fused-ring (bicyclic) bond motifs is 1. The van der Waals surface area contributed by atoms with Crippen LogP contribution in [0.3, 0.4) is 0 Å². The highest BCUT2D eigenvalue weighted by atomic mass is 79.9. The summed E-state index contributed by atoms with van der Waals surface area (Å²) in [6.07, 6.45) is 2.97. The summed E-state index contributed by atoms with van der Waals surface area (Å²) in [6, 6.07) is 5.52. The third-order valence-corrected chi connectivity index (χ3v) is 4.98. The van der Waals surface area contributed by atoms with Crippen LogP contribution in [0.5, 0.6) is 0 Å². The molecule has 1 heterocycles. The maximum absolute atomic E-state index is 12.5. The lowest BCUT2D eigenvalue weighted by Gasteiger charge is -2.24. The van der Waals surface area contributed by atoms with E-state index in [9.17, 15) is 9.59 Å². The van der Waals surface area contributed by atoms with Crippen molar-refractivity contribution in [2.75, 3.05) is 0 Å². The molecule has 0 saturated heterocycles. The molecule has 0 radical (unpaired) electrons. The van der Waals surface area contributed by atoms with Gasteiger partial charge in [-0.15, -0.1) is 0 Å². The third kappa shape index (κ3) is 4.26. The second kappa shape index (κ2) is 7.97. The molecule has 5 heteroatoms. The Morgan fingerprint density at radius 1 is 1.25 bits per heavy atom. The topological polar surface area (TPSA) is 62.0 Å². The Morgan fingerprint density at radius 3 is 2.58 bits per heavy atom. The average molecular weight is 393 g/mol. The van der Waals surface area contributed by atoms with Crippen molar-refractivity contribution in [1.82, 2.24) is 10.3 Å². The van der Waals surface area contributed by atoms with E-state index in [-0.39, 0.29) is 29.9 Å². The van der Waals surface area contributed by atoms with E-state index >= 15 is 0 Å². The number of Topliss-reactive ketones (excluding diaryl/α,β-unsaturated/α-hetero) is 1. The van der Waals surface area contributed by atoms with Gasteiger partial charge in [0.05, 0.1) is 12.5 Å². The van der Waals surface area contributed by atoms with E-state index in [0.29, 0.717) is 0 Å². The van der Waals surface area contributed by atoms with Crippen molar-refractivity contribution in [3.8, 4) is 0 Å². The molecule has 2 aromatic rings. The van der Waals surface area contributed by atoms with Gasteiger partial charge in [0.1, 0.15) is 0 Å². The van der Waals surface area contributed by atoms with Crippen molar-refractivity contribution < 1.29 is 9.59 Å². The molecule has 0 spiro atoms. The number of aromatic amines is 1. The van der Waals surface area contributed by atoms with Crippen LogP contribution in [-0.2, 0) is 16.0 Å². The van der Waals surface area contributed by atoms with Crippen LogP contribution in [0.2, 0.25) is 0 Å². The highest BCUT2D eigenvalue weighted by Gasteiger charge is 2.27. The van der Waals surface area contributed by atoms with Crippen molar-refractivity contribution in [2.45, 2.75) is 46.6 Å². The fourth-order valence-corrected chi connectivity index (χ4v) is 3.14. The van der Waals surface area contributed by atoms with E-state index in [2.05, 4.69) is 26.2 Å². The highest BCUT2D eigenvalue weighted by molar-refractivity contribution is 9.10. The van der Waals surface area contributed by atoms with E-state index in [4.69, 9.17) is 0 Å². The fraction of sp³-hybridized carbons (Fsp3) is 0.474. The first-order valence-electron chi connectivity index (χ1n) is 8.42. The molecule has 0 bridgehead atoms. The Balaban J connectivity index is 2.15. The van der Waals surface area contributed by atoms with Crippen molar-refractivity contribution in [1.29, 1.82) is 0 Å². The summed E-state index contributed by atoms with van der Waals surface area (Å²) in [5, 5.41) is 3.98. The number of amides is 1. The summed E-state index contributed by atoms with van der Waals surface area (Å²) < 4.78 is 0.976. The molecule has 0 unspecified atom stereocenters. The molecule has 0 aliphatic rings. The molecule has 0 aliphatic heterocycles. The van der Waals surface area contributed by atoms with Crippen molar-refractivity contribution in [3.05, 3.63) is 34.4 Å². The highest BCUT2D eigenvalue weighted by Crippen LogP contribution is 2.23. The van der Waals surface area contributed by atoms with E-state index in [1.165, 1.54) is 0 Å². The van der Waals surface area contributed by atoms with Gasteiger partial charge in [-0.1, -0.05) is 50.0 Å². The van der Waals surface area contributed by atoms with Crippen LogP contribution in [0.1, 0.15) is 39.7 Å². The van der Waals surface area contributed by atoms with Crippen LogP contribution in [0.4, 0.5) is 0 Å². The number of nitrogens with one attached hydrogen (secondary N) is 2. The first kappa shape index (κ1) is 18.7. The van der Waals surface area contributed by atoms with Gasteiger partial charge in [-0.2, -0.15) is 0 Å². The lowest BCUT2D eigenvalue weighted by molar-refractivity contribution is -0.130. The van der Waals surface area contributed by atoms with Gasteiger partial charge in [0.25, 0.3) is 0 Å². The molecule has 130 valence electrons. The lowest BCUT2D eigenvalue weighted by atomic mass is 9.90. The Bertz CT molecular complexity index is 736. The molecule has 24 heavy (non-hydrogen) atoms. The summed E-state index contributed by atoms with van der Waals surface area (Å²) in [4.78, 5) is 28.1. The molecule has 0 fully saturated rings. The lowest BCUT2D eigenvalue weighted by Crippen LogP contribution is -2.47. The number of hydrogen-bond donors (Lipinski definition) is 2. The zero-order valence-electron chi connectivity index (χ0n) is 14.7. The number of hydrogen-bond acceptors (Lipinski definition) is 2. The summed E-state index contributed by atoms with van der Waals surface area (Å²) >= 11 is 3.46. The quantitative estimate of drug-likeness (QED) is 0.740. The van der Waals surface area contributed by atoms with E-state index < -0.39 is 6.04 Å². The van der Waals surface area contributed by atoms with Gasteiger partial charge < -0.3 is 10.3 Å².